The summed E-state index contributed by atoms with van der Waals surface area (Å²) in [6, 6.07) is 4.94. The molecule has 0 aliphatic carbocycles. The molecule has 4 nitrogen and oxygen atoms in total. The Morgan fingerprint density at radius 3 is 2.67 bits per heavy atom. The molecule has 0 fully saturated rings. The van der Waals surface area contributed by atoms with Crippen LogP contribution in [0.15, 0.2) is 29.3 Å². The van der Waals surface area contributed by atoms with Crippen LogP contribution in [-0.4, -0.2) is 39.8 Å². The van der Waals surface area contributed by atoms with Gasteiger partial charge in [0.2, 0.25) is 0 Å². The Kier molecular flexibility index (Phi) is 11.2. The predicted molar refractivity (Wildman–Crippen MR) is 99.6 cm³/mol. The van der Waals surface area contributed by atoms with Gasteiger partial charge >= 0.3 is 6.18 Å². The summed E-state index contributed by atoms with van der Waals surface area (Å²) in [5.74, 6) is 6.05. The van der Waals surface area contributed by atoms with Crippen molar-refractivity contribution in [3.05, 3.63) is 35.4 Å². The minimum atomic E-state index is -4.36. The third-order valence-corrected chi connectivity index (χ3v) is 2.81. The number of methoxy groups -OCH3 is 1. The number of nitrogens with zero attached hydrogens (tertiary/aromatic N) is 1. The molecule has 0 aliphatic rings. The number of guanidine groups is 1. The van der Waals surface area contributed by atoms with Crippen LogP contribution in [0, 0.1) is 11.8 Å². The van der Waals surface area contributed by atoms with E-state index < -0.39 is 11.7 Å². The van der Waals surface area contributed by atoms with Gasteiger partial charge in [0.1, 0.15) is 0 Å². The highest BCUT2D eigenvalue weighted by Gasteiger charge is 2.30. The van der Waals surface area contributed by atoms with Crippen LogP contribution in [0.3, 0.4) is 0 Å². The zero-order valence-corrected chi connectivity index (χ0v) is 15.9. The largest absolute Gasteiger partial charge is 0.416 e. The van der Waals surface area contributed by atoms with E-state index in [0.717, 1.165) is 18.6 Å². The number of ether oxygens (including phenoxy) is 1. The Morgan fingerprint density at radius 2 is 2.04 bits per heavy atom. The second kappa shape index (κ2) is 12.0. The van der Waals surface area contributed by atoms with Gasteiger partial charge in [0.15, 0.2) is 5.96 Å². The lowest BCUT2D eigenvalue weighted by Gasteiger charge is -2.09. The van der Waals surface area contributed by atoms with Crippen LogP contribution in [0.25, 0.3) is 0 Å². The molecule has 8 heteroatoms. The quantitative estimate of drug-likeness (QED) is 0.236. The lowest BCUT2D eigenvalue weighted by atomic mass is 10.1. The van der Waals surface area contributed by atoms with E-state index in [9.17, 15) is 13.2 Å². The minimum Gasteiger partial charge on any atom is -0.385 e. The Bertz CT molecular complexity index is 580. The van der Waals surface area contributed by atoms with Gasteiger partial charge in [0.25, 0.3) is 0 Å². The number of halogens is 4. The Balaban J connectivity index is 0.00000529. The average Bonchev–Trinajstić information content (AvgIpc) is 2.53. The van der Waals surface area contributed by atoms with Crippen molar-refractivity contribution >= 4 is 29.9 Å². The van der Waals surface area contributed by atoms with Crippen LogP contribution in [0.4, 0.5) is 13.2 Å². The van der Waals surface area contributed by atoms with Gasteiger partial charge in [-0.25, -0.2) is 0 Å². The molecule has 0 saturated carbocycles. The van der Waals surface area contributed by atoms with E-state index in [2.05, 4.69) is 27.5 Å². The fourth-order valence-electron chi connectivity index (χ4n) is 1.69. The molecule has 0 radical (unpaired) electrons. The van der Waals surface area contributed by atoms with Crippen LogP contribution in [0.2, 0.25) is 0 Å². The fraction of sp³-hybridized carbons (Fsp3) is 0.438. The molecule has 0 aliphatic heterocycles. The number of hydrogen-bond donors (Lipinski definition) is 2. The molecule has 0 saturated heterocycles. The summed E-state index contributed by atoms with van der Waals surface area (Å²) in [4.78, 5) is 4.01. The van der Waals surface area contributed by atoms with E-state index in [-0.39, 0.29) is 30.5 Å². The summed E-state index contributed by atoms with van der Waals surface area (Å²) in [5.41, 5.74) is -0.377. The molecule has 0 bridgehead atoms. The minimum absolute atomic E-state index is 0. The molecule has 0 unspecified atom stereocenters. The van der Waals surface area contributed by atoms with Crippen molar-refractivity contribution < 1.29 is 17.9 Å². The maximum Gasteiger partial charge on any atom is 0.416 e. The first-order chi connectivity index (χ1) is 11.0. The Hall–Kier alpha value is -1.47. The lowest BCUT2D eigenvalue weighted by Crippen LogP contribution is -2.38. The first kappa shape index (κ1) is 22.5. The molecule has 0 amide bonds. The van der Waals surface area contributed by atoms with Gasteiger partial charge in [-0.15, -0.1) is 24.0 Å². The summed E-state index contributed by atoms with van der Waals surface area (Å²) >= 11 is 0. The highest BCUT2D eigenvalue weighted by Crippen LogP contribution is 2.29. The maximum atomic E-state index is 12.6. The second-order valence-corrected chi connectivity index (χ2v) is 4.58. The number of nitrogens with one attached hydrogen (secondary N) is 2. The van der Waals surface area contributed by atoms with Crippen LogP contribution in [0.5, 0.6) is 0 Å². The molecule has 24 heavy (non-hydrogen) atoms. The molecule has 0 heterocycles. The van der Waals surface area contributed by atoms with Gasteiger partial charge in [0.05, 0.1) is 12.1 Å². The van der Waals surface area contributed by atoms with Crippen LogP contribution in [0.1, 0.15) is 17.5 Å². The van der Waals surface area contributed by atoms with E-state index in [1.54, 1.807) is 20.2 Å². The van der Waals surface area contributed by atoms with Gasteiger partial charge in [-0.2, -0.15) is 13.2 Å². The third kappa shape index (κ3) is 8.98. The number of benzene rings is 1. The molecule has 1 rings (SSSR count). The second-order valence-electron chi connectivity index (χ2n) is 4.58. The van der Waals surface area contributed by atoms with Gasteiger partial charge in [-0.3, -0.25) is 4.99 Å². The van der Waals surface area contributed by atoms with E-state index in [1.807, 2.05) is 0 Å². The molecular weight excluding hydrogens is 434 g/mol. The van der Waals surface area contributed by atoms with E-state index in [0.29, 0.717) is 24.7 Å². The highest BCUT2D eigenvalue weighted by atomic mass is 127. The normalized spacial score (nSPS) is 11.1. The van der Waals surface area contributed by atoms with Crippen molar-refractivity contribution in [2.45, 2.75) is 12.6 Å². The zero-order chi connectivity index (χ0) is 17.1. The topological polar surface area (TPSA) is 45.7 Å². The van der Waals surface area contributed by atoms with Crippen molar-refractivity contribution in [1.29, 1.82) is 0 Å². The zero-order valence-electron chi connectivity index (χ0n) is 13.5. The Morgan fingerprint density at radius 1 is 1.29 bits per heavy atom. The van der Waals surface area contributed by atoms with Crippen molar-refractivity contribution in [1.82, 2.24) is 10.6 Å². The number of alkyl halides is 3. The van der Waals surface area contributed by atoms with Crippen molar-refractivity contribution in [3.63, 3.8) is 0 Å². The van der Waals surface area contributed by atoms with E-state index in [4.69, 9.17) is 4.74 Å². The fourth-order valence-corrected chi connectivity index (χ4v) is 1.69. The summed E-state index contributed by atoms with van der Waals surface area (Å²) < 4.78 is 42.7. The molecule has 0 spiro atoms. The van der Waals surface area contributed by atoms with E-state index in [1.165, 1.54) is 6.07 Å². The first-order valence-corrected chi connectivity index (χ1v) is 7.07. The number of aliphatic imine (C=N–C) groups is 1. The van der Waals surface area contributed by atoms with Gasteiger partial charge in [-0.1, -0.05) is 17.9 Å². The molecular formula is C16H21F3IN3O. The molecule has 2 N–H and O–H groups in total. The molecule has 0 atom stereocenters. The summed E-state index contributed by atoms with van der Waals surface area (Å²) in [5, 5.41) is 6.04. The van der Waals surface area contributed by atoms with Crippen molar-refractivity contribution in [2.75, 3.05) is 33.9 Å². The average molecular weight is 455 g/mol. The molecule has 1 aromatic carbocycles. The summed E-state index contributed by atoms with van der Waals surface area (Å²) in [6.45, 7) is 1.63. The molecule has 0 aromatic heterocycles. The van der Waals surface area contributed by atoms with Crippen LogP contribution < -0.4 is 10.6 Å². The maximum absolute atomic E-state index is 12.6. The standard InChI is InChI=1S/C16H20F3N3O.HI/c1-20-15(22-10-5-11-23-2)21-9-4-7-13-6-3-8-14(12-13)16(17,18)19;/h3,6,8,12H,5,9-11H2,1-2H3,(H2,20,21,22);1H. The van der Waals surface area contributed by atoms with Crippen molar-refractivity contribution in [3.8, 4) is 11.8 Å². The lowest BCUT2D eigenvalue weighted by molar-refractivity contribution is -0.137. The van der Waals surface area contributed by atoms with Gasteiger partial charge < -0.3 is 15.4 Å². The van der Waals surface area contributed by atoms with Crippen LogP contribution >= 0.6 is 24.0 Å². The number of rotatable bonds is 5. The van der Waals surface area contributed by atoms with Crippen molar-refractivity contribution in [2.24, 2.45) is 4.99 Å². The summed E-state index contributed by atoms with van der Waals surface area (Å²) in [7, 11) is 3.27. The van der Waals surface area contributed by atoms with E-state index >= 15 is 0 Å². The first-order valence-electron chi connectivity index (χ1n) is 7.07. The Labute approximate surface area is 157 Å². The van der Waals surface area contributed by atoms with Gasteiger partial charge in [0, 0.05) is 32.9 Å². The highest BCUT2D eigenvalue weighted by molar-refractivity contribution is 14.0. The monoisotopic (exact) mass is 455 g/mol. The summed E-state index contributed by atoms with van der Waals surface area (Å²) in [6.07, 6.45) is -3.52. The SMILES string of the molecule is CN=C(NCC#Cc1cccc(C(F)(F)F)c1)NCCCOC.I. The smallest absolute Gasteiger partial charge is 0.385 e. The third-order valence-electron chi connectivity index (χ3n) is 2.81. The number of hydrogen-bond acceptors (Lipinski definition) is 2. The molecule has 134 valence electrons. The predicted octanol–water partition coefficient (Wildman–Crippen LogP) is 2.88. The van der Waals surface area contributed by atoms with Crippen LogP contribution in [-0.2, 0) is 10.9 Å². The molecule has 1 aromatic rings. The van der Waals surface area contributed by atoms with Gasteiger partial charge in [-0.05, 0) is 24.6 Å².